The van der Waals surface area contributed by atoms with Crippen molar-refractivity contribution in [3.8, 4) is 5.95 Å². The van der Waals surface area contributed by atoms with E-state index < -0.39 is 22.3 Å². The predicted molar refractivity (Wildman–Crippen MR) is 135 cm³/mol. The number of nitrogens with zero attached hydrogens (tertiary/aromatic N) is 6. The van der Waals surface area contributed by atoms with E-state index in [1.807, 2.05) is 4.90 Å². The van der Waals surface area contributed by atoms with Gasteiger partial charge in [-0.05, 0) is 44.7 Å². The van der Waals surface area contributed by atoms with Gasteiger partial charge < -0.3 is 15.0 Å². The maximum Gasteiger partial charge on any atom is 0.296 e. The number of aromatic nitrogens is 5. The monoisotopic (exact) mass is 536 g/mol. The van der Waals surface area contributed by atoms with Gasteiger partial charge in [-0.3, -0.25) is 4.57 Å². The quantitative estimate of drug-likeness (QED) is 0.447. The second-order valence-corrected chi connectivity index (χ2v) is 11.2. The molecule has 0 unspecified atom stereocenters. The minimum Gasteiger partial charge on any atom is -0.378 e. The molecular weight excluding hydrogens is 506 g/mol. The van der Waals surface area contributed by atoms with Crippen LogP contribution in [0.2, 0.25) is 0 Å². The third-order valence-corrected chi connectivity index (χ3v) is 8.13. The van der Waals surface area contributed by atoms with E-state index in [-0.39, 0.29) is 29.7 Å². The minimum absolute atomic E-state index is 0.00395. The van der Waals surface area contributed by atoms with Crippen LogP contribution in [0.4, 0.5) is 20.7 Å². The third kappa shape index (κ3) is 5.80. The van der Waals surface area contributed by atoms with Crippen molar-refractivity contribution in [3.05, 3.63) is 30.1 Å². The van der Waals surface area contributed by atoms with Crippen molar-refractivity contribution in [3.63, 3.8) is 0 Å². The van der Waals surface area contributed by atoms with E-state index in [9.17, 15) is 17.2 Å². The first kappa shape index (κ1) is 25.7. The van der Waals surface area contributed by atoms with Crippen LogP contribution >= 0.6 is 0 Å². The summed E-state index contributed by atoms with van der Waals surface area (Å²) in [5, 5.41) is 3.34. The van der Waals surface area contributed by atoms with Crippen molar-refractivity contribution in [1.82, 2.24) is 29.2 Å². The number of hydrogen-bond donors (Lipinski definition) is 2. The number of benzene rings is 1. The number of fused-ring (bicyclic) bond motifs is 1. The summed E-state index contributed by atoms with van der Waals surface area (Å²) in [7, 11) is -3.26. The smallest absolute Gasteiger partial charge is 0.296 e. The fraction of sp³-hybridized carbons (Fsp3) is 0.565. The molecule has 2 aromatic heterocycles. The third-order valence-electron chi connectivity index (χ3n) is 6.67. The predicted octanol–water partition coefficient (Wildman–Crippen LogP) is 2.65. The van der Waals surface area contributed by atoms with Crippen molar-refractivity contribution in [1.29, 1.82) is 0 Å². The summed E-state index contributed by atoms with van der Waals surface area (Å²) in [4.78, 5) is 19.8. The molecule has 14 heteroatoms. The first-order chi connectivity index (χ1) is 17.8. The Labute approximate surface area is 213 Å². The van der Waals surface area contributed by atoms with Gasteiger partial charge in [0.25, 0.3) is 6.43 Å². The van der Waals surface area contributed by atoms with E-state index in [1.165, 1.54) is 4.57 Å². The standard InChI is InChI=1S/C23H30F2N8O3S/c1-2-37(34,35)31-16-9-7-15(8-10-16)26-21-28-22(32-11-13-36-14-12-32)30-23(29-21)33-18-6-4-3-5-17(18)27-20(33)19(24)25/h3-6,15-16,19,31H,2,7-14H2,1H3,(H,26,28,29,30)/t15-,16-. The topological polar surface area (TPSA) is 127 Å². The maximum absolute atomic E-state index is 14.0. The summed E-state index contributed by atoms with van der Waals surface area (Å²) in [6, 6.07) is 6.77. The van der Waals surface area contributed by atoms with Crippen LogP contribution in [-0.4, -0.2) is 77.1 Å². The number of ether oxygens (including phenoxy) is 1. The molecule has 200 valence electrons. The lowest BCUT2D eigenvalue weighted by Crippen LogP contribution is -2.41. The molecule has 2 N–H and O–H groups in total. The van der Waals surface area contributed by atoms with Crippen molar-refractivity contribution < 1.29 is 21.9 Å². The van der Waals surface area contributed by atoms with Gasteiger partial charge in [0.05, 0.1) is 30.0 Å². The second kappa shape index (κ2) is 10.8. The summed E-state index contributed by atoms with van der Waals surface area (Å²) in [5.74, 6) is 0.329. The summed E-state index contributed by atoms with van der Waals surface area (Å²) >= 11 is 0. The molecule has 0 bridgehead atoms. The van der Waals surface area contributed by atoms with E-state index in [2.05, 4.69) is 30.0 Å². The molecule has 0 spiro atoms. The number of hydrogen-bond acceptors (Lipinski definition) is 9. The zero-order valence-electron chi connectivity index (χ0n) is 20.5. The molecule has 37 heavy (non-hydrogen) atoms. The van der Waals surface area contributed by atoms with Crippen LogP contribution in [0.3, 0.4) is 0 Å². The number of halogens is 2. The molecule has 0 radical (unpaired) electrons. The number of anilines is 2. The van der Waals surface area contributed by atoms with Crippen molar-refractivity contribution in [2.24, 2.45) is 0 Å². The first-order valence-electron chi connectivity index (χ1n) is 12.4. The first-order valence-corrected chi connectivity index (χ1v) is 14.1. The van der Waals surface area contributed by atoms with Crippen molar-refractivity contribution in [2.45, 2.75) is 51.1 Å². The molecule has 1 aliphatic carbocycles. The molecular formula is C23H30F2N8O3S. The van der Waals surface area contributed by atoms with Gasteiger partial charge in [-0.2, -0.15) is 15.0 Å². The Morgan fingerprint density at radius 2 is 1.68 bits per heavy atom. The number of imidazole rings is 1. The highest BCUT2D eigenvalue weighted by Crippen LogP contribution is 2.28. The molecule has 3 aromatic rings. The molecule has 0 atom stereocenters. The molecule has 1 saturated heterocycles. The van der Waals surface area contributed by atoms with E-state index in [0.717, 1.165) is 0 Å². The van der Waals surface area contributed by atoms with Gasteiger partial charge in [0.2, 0.25) is 27.9 Å². The van der Waals surface area contributed by atoms with Gasteiger partial charge in [-0.25, -0.2) is 26.9 Å². The summed E-state index contributed by atoms with van der Waals surface area (Å²) in [6.45, 7) is 3.77. The van der Waals surface area contributed by atoms with Crippen LogP contribution < -0.4 is 14.9 Å². The van der Waals surface area contributed by atoms with Crippen LogP contribution in [-0.2, 0) is 14.8 Å². The van der Waals surface area contributed by atoms with E-state index >= 15 is 0 Å². The average Bonchev–Trinajstić information content (AvgIpc) is 3.30. The van der Waals surface area contributed by atoms with Gasteiger partial charge in [0.15, 0.2) is 5.82 Å². The normalized spacial score (nSPS) is 21.0. The van der Waals surface area contributed by atoms with E-state index in [4.69, 9.17) is 4.74 Å². The van der Waals surface area contributed by atoms with Crippen LogP contribution in [0.15, 0.2) is 24.3 Å². The number of para-hydroxylation sites is 2. The lowest BCUT2D eigenvalue weighted by Gasteiger charge is -2.30. The van der Waals surface area contributed by atoms with Gasteiger partial charge in [-0.15, -0.1) is 0 Å². The lowest BCUT2D eigenvalue weighted by molar-refractivity contribution is 0.122. The molecule has 0 amide bonds. The molecule has 3 heterocycles. The van der Waals surface area contributed by atoms with Gasteiger partial charge >= 0.3 is 0 Å². The fourth-order valence-electron chi connectivity index (χ4n) is 4.70. The van der Waals surface area contributed by atoms with Crippen molar-refractivity contribution in [2.75, 3.05) is 42.3 Å². The van der Waals surface area contributed by atoms with Crippen LogP contribution in [0.1, 0.15) is 44.9 Å². The van der Waals surface area contributed by atoms with Crippen LogP contribution in [0, 0.1) is 0 Å². The lowest BCUT2D eigenvalue weighted by atomic mass is 9.92. The van der Waals surface area contributed by atoms with Gasteiger partial charge in [0.1, 0.15) is 0 Å². The van der Waals surface area contributed by atoms with E-state index in [1.54, 1.807) is 31.2 Å². The highest BCUT2D eigenvalue weighted by molar-refractivity contribution is 7.89. The zero-order valence-corrected chi connectivity index (χ0v) is 21.3. The SMILES string of the molecule is CCS(=O)(=O)N[C@H]1CC[C@H](Nc2nc(N3CCOCC3)nc(-n3c(C(F)F)nc4ccccc43)n2)CC1. The molecule has 1 saturated carbocycles. The van der Waals surface area contributed by atoms with Gasteiger partial charge in [0, 0.05) is 25.2 Å². The Morgan fingerprint density at radius 3 is 2.38 bits per heavy atom. The Bertz CT molecular complexity index is 1340. The Morgan fingerprint density at radius 1 is 1.00 bits per heavy atom. The number of alkyl halides is 2. The molecule has 11 nitrogen and oxygen atoms in total. The molecule has 2 fully saturated rings. The largest absolute Gasteiger partial charge is 0.378 e. The highest BCUT2D eigenvalue weighted by atomic mass is 32.2. The Balaban J connectivity index is 1.45. The van der Waals surface area contributed by atoms with Gasteiger partial charge in [-0.1, -0.05) is 12.1 Å². The fourth-order valence-corrected chi connectivity index (χ4v) is 5.61. The highest BCUT2D eigenvalue weighted by Gasteiger charge is 2.27. The number of sulfonamides is 1. The second-order valence-electron chi connectivity index (χ2n) is 9.17. The molecule has 1 aliphatic heterocycles. The van der Waals surface area contributed by atoms with Crippen molar-refractivity contribution >= 4 is 33.0 Å². The number of nitrogens with one attached hydrogen (secondary N) is 2. The Hall–Kier alpha value is -2.97. The summed E-state index contributed by atoms with van der Waals surface area (Å²) in [5.41, 5.74) is 0.903. The number of rotatable bonds is 8. The molecule has 5 rings (SSSR count). The van der Waals surface area contributed by atoms with Crippen LogP contribution in [0.5, 0.6) is 0 Å². The zero-order chi connectivity index (χ0) is 26.0. The average molecular weight is 537 g/mol. The summed E-state index contributed by atoms with van der Waals surface area (Å²) in [6.07, 6.45) is -0.0587. The minimum atomic E-state index is -3.26. The Kier molecular flexibility index (Phi) is 7.49. The molecule has 1 aromatic carbocycles. The summed E-state index contributed by atoms with van der Waals surface area (Å²) < 4.78 is 61.3. The number of morpholine rings is 1. The van der Waals surface area contributed by atoms with E-state index in [0.29, 0.717) is 69.0 Å². The molecule has 2 aliphatic rings. The van der Waals surface area contributed by atoms with Crippen LogP contribution in [0.25, 0.3) is 17.0 Å². The maximum atomic E-state index is 14.0.